The van der Waals surface area contributed by atoms with Crippen LogP contribution in [-0.4, -0.2) is 22.1 Å². The molecule has 0 aromatic carbocycles. The van der Waals surface area contributed by atoms with Gasteiger partial charge in [-0.15, -0.1) is 5.10 Å². The summed E-state index contributed by atoms with van der Waals surface area (Å²) in [5.41, 5.74) is 5.44. The molecule has 0 unspecified atom stereocenters. The quantitative estimate of drug-likeness (QED) is 0.752. The minimum atomic E-state index is -0.621. The van der Waals surface area contributed by atoms with Gasteiger partial charge in [0.05, 0.1) is 6.04 Å². The molecule has 1 atom stereocenters. The number of hydrogen-bond donors (Lipinski definition) is 2. The molecule has 0 aliphatic rings. The van der Waals surface area contributed by atoms with Crippen molar-refractivity contribution < 1.29 is 9.21 Å². The van der Waals surface area contributed by atoms with Crippen LogP contribution >= 0.6 is 0 Å². The normalized spacial score (nSPS) is 13.7. The lowest BCUT2D eigenvalue weighted by molar-refractivity contribution is -0.119. The first-order valence-electron chi connectivity index (χ1n) is 4.67. The Morgan fingerprint density at radius 3 is 2.47 bits per heavy atom. The number of nitrogens with one attached hydrogen (secondary N) is 1. The van der Waals surface area contributed by atoms with Gasteiger partial charge in [-0.1, -0.05) is 25.9 Å². The Morgan fingerprint density at radius 1 is 1.47 bits per heavy atom. The van der Waals surface area contributed by atoms with Crippen molar-refractivity contribution in [2.75, 3.05) is 5.32 Å². The van der Waals surface area contributed by atoms with Crippen molar-refractivity contribution in [3.05, 3.63) is 5.89 Å². The summed E-state index contributed by atoms with van der Waals surface area (Å²) in [6.07, 6.45) is 0. The van der Waals surface area contributed by atoms with Gasteiger partial charge in [0.2, 0.25) is 11.8 Å². The molecular formula is C9H16N4O2. The monoisotopic (exact) mass is 212 g/mol. The number of amides is 1. The second kappa shape index (κ2) is 3.98. The zero-order valence-corrected chi connectivity index (χ0v) is 9.37. The third kappa shape index (κ3) is 3.02. The number of carbonyl (C=O) groups excluding carboxylic acids is 1. The fourth-order valence-electron chi connectivity index (χ4n) is 0.924. The van der Waals surface area contributed by atoms with Gasteiger partial charge in [-0.25, -0.2) is 0 Å². The summed E-state index contributed by atoms with van der Waals surface area (Å²) in [4.78, 5) is 11.6. The van der Waals surface area contributed by atoms with Crippen LogP contribution in [0.4, 0.5) is 6.01 Å². The average molecular weight is 212 g/mol. The van der Waals surface area contributed by atoms with Crippen LogP contribution in [0.1, 0.15) is 26.7 Å². The highest BCUT2D eigenvalue weighted by Crippen LogP contribution is 2.18. The highest BCUT2D eigenvalue weighted by Gasteiger charge is 2.28. The van der Waals surface area contributed by atoms with Gasteiger partial charge < -0.3 is 10.2 Å². The fraction of sp³-hybridized carbons (Fsp3) is 0.667. The molecule has 0 aliphatic carbocycles. The van der Waals surface area contributed by atoms with Crippen LogP contribution in [0, 0.1) is 12.3 Å². The average Bonchev–Trinajstić information content (AvgIpc) is 2.48. The lowest BCUT2D eigenvalue weighted by Crippen LogP contribution is -2.45. The number of nitrogens with two attached hydrogens (primary N) is 1. The SMILES string of the molecule is Cc1nnc(NC(=O)[C@H](N)C(C)(C)C)o1. The summed E-state index contributed by atoms with van der Waals surface area (Å²) in [5.74, 6) is 0.0702. The van der Waals surface area contributed by atoms with E-state index in [1.54, 1.807) is 6.92 Å². The third-order valence-corrected chi connectivity index (χ3v) is 1.97. The number of nitrogens with zero attached hydrogens (tertiary/aromatic N) is 2. The van der Waals surface area contributed by atoms with Crippen LogP contribution in [0.3, 0.4) is 0 Å². The molecule has 1 aromatic heterocycles. The van der Waals surface area contributed by atoms with E-state index in [4.69, 9.17) is 10.2 Å². The molecule has 0 bridgehead atoms. The first-order valence-corrected chi connectivity index (χ1v) is 4.67. The largest absolute Gasteiger partial charge is 0.408 e. The highest BCUT2D eigenvalue weighted by molar-refractivity contribution is 5.93. The topological polar surface area (TPSA) is 94.0 Å². The number of carbonyl (C=O) groups is 1. The molecule has 1 aromatic rings. The predicted molar refractivity (Wildman–Crippen MR) is 55.1 cm³/mol. The van der Waals surface area contributed by atoms with Gasteiger partial charge in [-0.2, -0.15) is 0 Å². The first kappa shape index (κ1) is 11.6. The van der Waals surface area contributed by atoms with Gasteiger partial charge >= 0.3 is 6.01 Å². The van der Waals surface area contributed by atoms with E-state index in [2.05, 4.69) is 15.5 Å². The maximum absolute atomic E-state index is 11.6. The van der Waals surface area contributed by atoms with E-state index in [0.717, 1.165) is 0 Å². The Balaban J connectivity index is 2.64. The Bertz CT molecular complexity index is 353. The van der Waals surface area contributed by atoms with Crippen LogP contribution in [0.2, 0.25) is 0 Å². The van der Waals surface area contributed by atoms with Gasteiger partial charge in [0.1, 0.15) is 0 Å². The molecule has 15 heavy (non-hydrogen) atoms. The number of rotatable bonds is 2. The first-order chi connectivity index (χ1) is 6.80. The lowest BCUT2D eigenvalue weighted by atomic mass is 9.87. The molecule has 3 N–H and O–H groups in total. The van der Waals surface area contributed by atoms with E-state index < -0.39 is 6.04 Å². The second-order valence-corrected chi connectivity index (χ2v) is 4.46. The Hall–Kier alpha value is -1.43. The lowest BCUT2D eigenvalue weighted by Gasteiger charge is -2.24. The highest BCUT2D eigenvalue weighted by atomic mass is 16.4. The van der Waals surface area contributed by atoms with E-state index >= 15 is 0 Å². The number of aromatic nitrogens is 2. The molecule has 1 amide bonds. The van der Waals surface area contributed by atoms with Gasteiger partial charge in [0, 0.05) is 6.92 Å². The van der Waals surface area contributed by atoms with Crippen molar-refractivity contribution in [2.24, 2.45) is 11.1 Å². The van der Waals surface area contributed by atoms with Gasteiger partial charge in [-0.3, -0.25) is 10.1 Å². The molecule has 6 heteroatoms. The molecule has 0 radical (unpaired) electrons. The summed E-state index contributed by atoms with van der Waals surface area (Å²) in [6.45, 7) is 7.30. The van der Waals surface area contributed by atoms with E-state index in [0.29, 0.717) is 5.89 Å². The van der Waals surface area contributed by atoms with Crippen LogP contribution in [0.15, 0.2) is 4.42 Å². The number of aryl methyl sites for hydroxylation is 1. The Labute approximate surface area is 88.2 Å². The smallest absolute Gasteiger partial charge is 0.322 e. The van der Waals surface area contributed by atoms with Gasteiger partial charge in [0.15, 0.2) is 0 Å². The predicted octanol–water partition coefficient (Wildman–Crippen LogP) is 0.690. The zero-order chi connectivity index (χ0) is 11.6. The maximum atomic E-state index is 11.6. The van der Waals surface area contributed by atoms with Crippen molar-refractivity contribution >= 4 is 11.9 Å². The van der Waals surface area contributed by atoms with Crippen molar-refractivity contribution in [1.82, 2.24) is 10.2 Å². The van der Waals surface area contributed by atoms with Crippen LogP contribution < -0.4 is 11.1 Å². The summed E-state index contributed by atoms with van der Waals surface area (Å²) >= 11 is 0. The molecule has 1 heterocycles. The molecular weight excluding hydrogens is 196 g/mol. The van der Waals surface area contributed by atoms with Gasteiger partial charge in [0.25, 0.3) is 0 Å². The molecule has 0 aliphatic heterocycles. The summed E-state index contributed by atoms with van der Waals surface area (Å²) < 4.78 is 5.01. The zero-order valence-electron chi connectivity index (χ0n) is 9.37. The molecule has 84 valence electrons. The minimum absolute atomic E-state index is 0.0807. The molecule has 0 fully saturated rings. The van der Waals surface area contributed by atoms with Crippen LogP contribution in [0.25, 0.3) is 0 Å². The molecule has 0 saturated carbocycles. The fourth-order valence-corrected chi connectivity index (χ4v) is 0.924. The maximum Gasteiger partial charge on any atom is 0.322 e. The number of anilines is 1. The van der Waals surface area contributed by atoms with E-state index in [-0.39, 0.29) is 17.3 Å². The molecule has 0 spiro atoms. The standard InChI is InChI=1S/C9H16N4O2/c1-5-12-13-8(15-5)11-7(14)6(10)9(2,3)4/h6H,10H2,1-4H3,(H,11,13,14)/t6-/m0/s1. The summed E-state index contributed by atoms with van der Waals surface area (Å²) in [5, 5.41) is 9.70. The van der Waals surface area contributed by atoms with Gasteiger partial charge in [-0.05, 0) is 5.41 Å². The summed E-state index contributed by atoms with van der Waals surface area (Å²) in [7, 11) is 0. The Morgan fingerprint density at radius 2 is 2.07 bits per heavy atom. The van der Waals surface area contributed by atoms with E-state index in [1.807, 2.05) is 20.8 Å². The van der Waals surface area contributed by atoms with Crippen molar-refractivity contribution in [1.29, 1.82) is 0 Å². The van der Waals surface area contributed by atoms with Crippen molar-refractivity contribution in [3.8, 4) is 0 Å². The second-order valence-electron chi connectivity index (χ2n) is 4.46. The molecule has 1 rings (SSSR count). The number of hydrogen-bond acceptors (Lipinski definition) is 5. The van der Waals surface area contributed by atoms with Crippen molar-refractivity contribution in [3.63, 3.8) is 0 Å². The van der Waals surface area contributed by atoms with Crippen LogP contribution in [0.5, 0.6) is 0 Å². The summed E-state index contributed by atoms with van der Waals surface area (Å²) in [6, 6.07) is -0.540. The van der Waals surface area contributed by atoms with E-state index in [9.17, 15) is 4.79 Å². The third-order valence-electron chi connectivity index (χ3n) is 1.97. The molecule has 6 nitrogen and oxygen atoms in total. The van der Waals surface area contributed by atoms with Crippen molar-refractivity contribution in [2.45, 2.75) is 33.7 Å². The van der Waals surface area contributed by atoms with Crippen LogP contribution in [-0.2, 0) is 4.79 Å². The molecule has 0 saturated heterocycles. The Kier molecular flexibility index (Phi) is 3.09. The van der Waals surface area contributed by atoms with E-state index in [1.165, 1.54) is 0 Å². The minimum Gasteiger partial charge on any atom is -0.408 e.